The zero-order valence-corrected chi connectivity index (χ0v) is 12.8. The number of carbonyl (C=O) groups is 1. The zero-order valence-electron chi connectivity index (χ0n) is 12.0. The van der Waals surface area contributed by atoms with Crippen LogP contribution in [0.5, 0.6) is 0 Å². The Hall–Kier alpha value is -1.76. The number of fused-ring (bicyclic) bond motifs is 1. The van der Waals surface area contributed by atoms with Gasteiger partial charge in [0, 0.05) is 17.0 Å². The first kappa shape index (κ1) is 14.2. The largest absolute Gasteiger partial charge is 0.372 e. The molecule has 0 fully saturated rings. The number of amides is 1. The Morgan fingerprint density at radius 3 is 3.00 bits per heavy atom. The molecule has 2 aromatic rings. The Labute approximate surface area is 127 Å². The van der Waals surface area contributed by atoms with Gasteiger partial charge in [-0.05, 0) is 37.2 Å². The van der Waals surface area contributed by atoms with Crippen molar-refractivity contribution in [3.8, 4) is 0 Å². The first-order valence-electron chi connectivity index (χ1n) is 6.81. The average Bonchev–Trinajstić information content (AvgIpc) is 3.14. The molecule has 0 bridgehead atoms. The molecule has 2 N–H and O–H groups in total. The molecule has 2 heterocycles. The quantitative estimate of drug-likeness (QED) is 0.911. The normalized spacial score (nSPS) is 14.8. The van der Waals surface area contributed by atoms with E-state index in [-0.39, 0.29) is 11.9 Å². The molecule has 1 aromatic heterocycles. The minimum Gasteiger partial charge on any atom is -0.372 e. The van der Waals surface area contributed by atoms with Gasteiger partial charge in [0.1, 0.15) is 0 Å². The lowest BCUT2D eigenvalue weighted by Crippen LogP contribution is -2.14. The van der Waals surface area contributed by atoms with E-state index in [4.69, 9.17) is 4.74 Å². The molecule has 5 nitrogen and oxygen atoms in total. The molecule has 0 saturated heterocycles. The highest BCUT2D eigenvalue weighted by Crippen LogP contribution is 2.23. The predicted octanol–water partition coefficient (Wildman–Crippen LogP) is 2.71. The molecule has 110 valence electrons. The molecule has 0 aliphatic carbocycles. The van der Waals surface area contributed by atoms with Crippen molar-refractivity contribution in [3.05, 3.63) is 46.0 Å². The minimum atomic E-state index is -0.136. The highest BCUT2D eigenvalue weighted by molar-refractivity contribution is 7.14. The second-order valence-corrected chi connectivity index (χ2v) is 5.88. The highest BCUT2D eigenvalue weighted by atomic mass is 32.1. The number of anilines is 1. The summed E-state index contributed by atoms with van der Waals surface area (Å²) in [6.45, 7) is 3.24. The number of carbonyl (C=O) groups excluding carboxylic acids is 1. The Morgan fingerprint density at radius 1 is 1.38 bits per heavy atom. The third-order valence-electron chi connectivity index (χ3n) is 3.60. The van der Waals surface area contributed by atoms with Crippen molar-refractivity contribution in [1.29, 1.82) is 0 Å². The number of rotatable bonds is 4. The van der Waals surface area contributed by atoms with Crippen LogP contribution in [-0.2, 0) is 18.0 Å². The molecule has 1 unspecified atom stereocenters. The van der Waals surface area contributed by atoms with Crippen molar-refractivity contribution in [2.45, 2.75) is 26.2 Å². The van der Waals surface area contributed by atoms with Gasteiger partial charge in [-0.1, -0.05) is 6.07 Å². The maximum atomic E-state index is 12.3. The summed E-state index contributed by atoms with van der Waals surface area (Å²) in [4.78, 5) is 16.7. The molecule has 3 rings (SSSR count). The summed E-state index contributed by atoms with van der Waals surface area (Å²) in [5.74, 6) is -0.136. The van der Waals surface area contributed by atoms with Gasteiger partial charge in [0.25, 0.3) is 5.91 Å². The van der Waals surface area contributed by atoms with Crippen molar-refractivity contribution in [2.75, 3.05) is 12.4 Å². The first-order chi connectivity index (χ1) is 10.2. The van der Waals surface area contributed by atoms with Crippen molar-refractivity contribution < 1.29 is 9.53 Å². The van der Waals surface area contributed by atoms with Crippen molar-refractivity contribution in [2.24, 2.45) is 0 Å². The number of benzene rings is 1. The monoisotopic (exact) mass is 303 g/mol. The van der Waals surface area contributed by atoms with Gasteiger partial charge < -0.3 is 10.1 Å². The fraction of sp³-hybridized carbons (Fsp3) is 0.333. The second kappa shape index (κ2) is 5.93. The molecule has 6 heteroatoms. The smallest absolute Gasteiger partial charge is 0.257 e. The van der Waals surface area contributed by atoms with Crippen LogP contribution in [0.4, 0.5) is 5.13 Å². The molecule has 0 radical (unpaired) electrons. The molecular formula is C15H17N3O2S. The number of thiazole rings is 1. The Morgan fingerprint density at radius 2 is 2.19 bits per heavy atom. The van der Waals surface area contributed by atoms with Gasteiger partial charge >= 0.3 is 0 Å². The second-order valence-electron chi connectivity index (χ2n) is 5.02. The molecule has 0 spiro atoms. The van der Waals surface area contributed by atoms with Gasteiger partial charge in [-0.25, -0.2) is 4.98 Å². The van der Waals surface area contributed by atoms with E-state index >= 15 is 0 Å². The van der Waals surface area contributed by atoms with Crippen LogP contribution in [0, 0.1) is 0 Å². The maximum Gasteiger partial charge on any atom is 0.257 e. The Balaban J connectivity index is 1.73. The van der Waals surface area contributed by atoms with E-state index in [0.29, 0.717) is 23.9 Å². The number of hydrogen-bond acceptors (Lipinski definition) is 5. The predicted molar refractivity (Wildman–Crippen MR) is 82.5 cm³/mol. The molecule has 1 aliphatic heterocycles. The lowest BCUT2D eigenvalue weighted by atomic mass is 10.1. The van der Waals surface area contributed by atoms with Crippen LogP contribution in [-0.4, -0.2) is 17.9 Å². The van der Waals surface area contributed by atoms with E-state index in [1.807, 2.05) is 37.6 Å². The summed E-state index contributed by atoms with van der Waals surface area (Å²) in [5.41, 5.74) is 3.81. The van der Waals surface area contributed by atoms with Crippen LogP contribution >= 0.6 is 11.3 Å². The van der Waals surface area contributed by atoms with Crippen molar-refractivity contribution >= 4 is 22.4 Å². The van der Waals surface area contributed by atoms with E-state index in [0.717, 1.165) is 16.8 Å². The van der Waals surface area contributed by atoms with E-state index < -0.39 is 0 Å². The van der Waals surface area contributed by atoms with Crippen LogP contribution in [0.1, 0.15) is 40.1 Å². The lowest BCUT2D eigenvalue weighted by molar-refractivity contribution is 0.102. The van der Waals surface area contributed by atoms with Crippen molar-refractivity contribution in [1.82, 2.24) is 10.3 Å². The number of nitrogens with zero attached hydrogens (tertiary/aromatic N) is 1. The number of nitrogens with one attached hydrogen (secondary N) is 2. The van der Waals surface area contributed by atoms with Crippen LogP contribution in [0.15, 0.2) is 23.6 Å². The summed E-state index contributed by atoms with van der Waals surface area (Å²) >= 11 is 1.43. The summed E-state index contributed by atoms with van der Waals surface area (Å²) in [5, 5.41) is 8.54. The van der Waals surface area contributed by atoms with Crippen LogP contribution < -0.4 is 10.6 Å². The van der Waals surface area contributed by atoms with Gasteiger partial charge in [0.15, 0.2) is 5.13 Å². The molecule has 1 aliphatic rings. The summed E-state index contributed by atoms with van der Waals surface area (Å²) in [6, 6.07) is 5.84. The minimum absolute atomic E-state index is 0.136. The van der Waals surface area contributed by atoms with Crippen LogP contribution in [0.25, 0.3) is 0 Å². The third kappa shape index (κ3) is 2.97. The van der Waals surface area contributed by atoms with E-state index in [9.17, 15) is 4.79 Å². The fourth-order valence-electron chi connectivity index (χ4n) is 2.17. The lowest BCUT2D eigenvalue weighted by Gasteiger charge is -2.06. The van der Waals surface area contributed by atoms with Gasteiger partial charge in [0.2, 0.25) is 0 Å². The zero-order chi connectivity index (χ0) is 14.8. The average molecular weight is 303 g/mol. The molecular weight excluding hydrogens is 286 g/mol. The van der Waals surface area contributed by atoms with Gasteiger partial charge in [-0.3, -0.25) is 10.1 Å². The molecule has 1 atom stereocenters. The van der Waals surface area contributed by atoms with E-state index in [1.54, 1.807) is 0 Å². The summed E-state index contributed by atoms with van der Waals surface area (Å²) < 4.78 is 5.36. The van der Waals surface area contributed by atoms with E-state index in [1.165, 1.54) is 11.3 Å². The topological polar surface area (TPSA) is 63.2 Å². The number of hydrogen-bond donors (Lipinski definition) is 2. The molecule has 0 saturated carbocycles. The van der Waals surface area contributed by atoms with Gasteiger partial charge in [0.05, 0.1) is 18.9 Å². The summed E-state index contributed by atoms with van der Waals surface area (Å²) in [6.07, 6.45) is 0. The molecule has 1 aromatic carbocycles. The Kier molecular flexibility index (Phi) is 4.01. The van der Waals surface area contributed by atoms with Gasteiger partial charge in [-0.15, -0.1) is 11.3 Å². The Bertz CT molecular complexity index is 669. The van der Waals surface area contributed by atoms with Gasteiger partial charge in [-0.2, -0.15) is 0 Å². The SMILES string of the molecule is CNC(C)c1csc(NC(=O)c2ccc3c(c2)COC3)n1. The first-order valence-corrected chi connectivity index (χ1v) is 7.69. The summed E-state index contributed by atoms with van der Waals surface area (Å²) in [7, 11) is 1.88. The number of aromatic nitrogens is 1. The van der Waals surface area contributed by atoms with Crippen LogP contribution in [0.3, 0.4) is 0 Å². The van der Waals surface area contributed by atoms with E-state index in [2.05, 4.69) is 15.6 Å². The fourth-order valence-corrected chi connectivity index (χ4v) is 2.97. The molecule has 1 amide bonds. The molecule has 21 heavy (non-hydrogen) atoms. The van der Waals surface area contributed by atoms with Crippen molar-refractivity contribution in [3.63, 3.8) is 0 Å². The maximum absolute atomic E-state index is 12.3. The highest BCUT2D eigenvalue weighted by Gasteiger charge is 2.16. The van der Waals surface area contributed by atoms with Crippen LogP contribution in [0.2, 0.25) is 0 Å². The number of ether oxygens (including phenoxy) is 1. The standard InChI is InChI=1S/C15H17N3O2S/c1-9(16-2)13-8-21-15(17-13)18-14(19)10-3-4-11-6-20-7-12(11)5-10/h3-5,8-9,16H,6-7H2,1-2H3,(H,17,18,19). The third-order valence-corrected chi connectivity index (χ3v) is 4.38.